The largest absolute Gasteiger partial charge is 0.330 e. The van der Waals surface area contributed by atoms with Crippen molar-refractivity contribution in [2.75, 3.05) is 0 Å². The molecule has 1 heterocycles. The predicted molar refractivity (Wildman–Crippen MR) is 76.6 cm³/mol. The van der Waals surface area contributed by atoms with Crippen molar-refractivity contribution >= 4 is 29.0 Å². The Morgan fingerprint density at radius 1 is 1.32 bits per heavy atom. The van der Waals surface area contributed by atoms with Gasteiger partial charge in [0.1, 0.15) is 0 Å². The van der Waals surface area contributed by atoms with Crippen LogP contribution in [0.15, 0.2) is 36.9 Å². The molecule has 2 rings (SSSR count). The first kappa shape index (κ1) is 14.1. The lowest BCUT2D eigenvalue weighted by atomic mass is 10.1. The van der Waals surface area contributed by atoms with E-state index in [0.717, 1.165) is 18.4 Å². The molecule has 5 heteroatoms. The molecule has 0 unspecified atom stereocenters. The second-order valence-corrected chi connectivity index (χ2v) is 5.21. The molecule has 0 N–H and O–H groups in total. The summed E-state index contributed by atoms with van der Waals surface area (Å²) in [5.41, 5.74) is 1.03. The number of carbonyl (C=O) groups is 1. The zero-order chi connectivity index (χ0) is 13.7. The summed E-state index contributed by atoms with van der Waals surface area (Å²) in [6.45, 7) is 0.383. The number of hydrogen-bond donors (Lipinski definition) is 0. The normalized spacial score (nSPS) is 10.6. The Kier molecular flexibility index (Phi) is 5.00. The quantitative estimate of drug-likeness (QED) is 0.813. The Morgan fingerprint density at radius 2 is 2.16 bits per heavy atom. The maximum absolute atomic E-state index is 11.7. The van der Waals surface area contributed by atoms with E-state index < -0.39 is 0 Å². The van der Waals surface area contributed by atoms with Gasteiger partial charge in [0.2, 0.25) is 0 Å². The highest BCUT2D eigenvalue weighted by Gasteiger charge is 2.05. The molecule has 0 spiro atoms. The number of hydrogen-bond acceptors (Lipinski definition) is 2. The third-order valence-electron chi connectivity index (χ3n) is 2.83. The predicted octanol–water partition coefficient (Wildman–Crippen LogP) is 3.78. The summed E-state index contributed by atoms with van der Waals surface area (Å²) in [5.74, 6) is 0.197. The van der Waals surface area contributed by atoms with Crippen molar-refractivity contribution in [3.8, 4) is 0 Å². The Balaban J connectivity index is 1.78. The SMILES string of the molecule is O=C(CCCc1ccc(Cl)cc1Cl)Cn1ccnc1. The number of halogens is 2. The molecule has 100 valence electrons. The molecule has 0 amide bonds. The van der Waals surface area contributed by atoms with Crippen LogP contribution < -0.4 is 0 Å². The maximum atomic E-state index is 11.7. The number of Topliss-reactive ketones (excluding diaryl/α,β-unsaturated/α-hetero) is 1. The van der Waals surface area contributed by atoms with Crippen molar-refractivity contribution in [1.82, 2.24) is 9.55 Å². The number of aryl methyl sites for hydroxylation is 1. The third kappa shape index (κ3) is 4.37. The van der Waals surface area contributed by atoms with Crippen LogP contribution in [0.5, 0.6) is 0 Å². The fourth-order valence-corrected chi connectivity index (χ4v) is 2.37. The first-order chi connectivity index (χ1) is 9.15. The second-order valence-electron chi connectivity index (χ2n) is 4.36. The minimum atomic E-state index is 0.197. The van der Waals surface area contributed by atoms with Gasteiger partial charge in [-0.2, -0.15) is 0 Å². The highest BCUT2D eigenvalue weighted by molar-refractivity contribution is 6.35. The molecule has 0 saturated carbocycles. The average molecular weight is 297 g/mol. The lowest BCUT2D eigenvalue weighted by molar-refractivity contribution is -0.119. The van der Waals surface area contributed by atoms with Crippen molar-refractivity contribution in [2.45, 2.75) is 25.8 Å². The summed E-state index contributed by atoms with van der Waals surface area (Å²) >= 11 is 11.9. The van der Waals surface area contributed by atoms with E-state index in [1.807, 2.05) is 12.1 Å². The van der Waals surface area contributed by atoms with Gasteiger partial charge in [0, 0.05) is 28.9 Å². The van der Waals surface area contributed by atoms with E-state index in [2.05, 4.69) is 4.98 Å². The summed E-state index contributed by atoms with van der Waals surface area (Å²) in [4.78, 5) is 15.6. The number of aromatic nitrogens is 2. The first-order valence-corrected chi connectivity index (χ1v) is 6.82. The lowest BCUT2D eigenvalue weighted by Gasteiger charge is -2.05. The number of carbonyl (C=O) groups excluding carboxylic acids is 1. The van der Waals surface area contributed by atoms with E-state index in [1.54, 1.807) is 29.4 Å². The summed E-state index contributed by atoms with van der Waals surface area (Å²) in [7, 11) is 0. The highest BCUT2D eigenvalue weighted by atomic mass is 35.5. The summed E-state index contributed by atoms with van der Waals surface area (Å²) in [5, 5.41) is 1.29. The molecule has 1 aromatic heterocycles. The van der Waals surface area contributed by atoms with Crippen molar-refractivity contribution < 1.29 is 4.79 Å². The van der Waals surface area contributed by atoms with Crippen LogP contribution >= 0.6 is 23.2 Å². The molecular weight excluding hydrogens is 283 g/mol. The topological polar surface area (TPSA) is 34.9 Å². The molecule has 0 aliphatic carbocycles. The fraction of sp³-hybridized carbons (Fsp3) is 0.286. The number of rotatable bonds is 6. The number of nitrogens with zero attached hydrogens (tertiary/aromatic N) is 2. The Hall–Kier alpha value is -1.32. The minimum absolute atomic E-state index is 0.197. The fourth-order valence-electron chi connectivity index (χ4n) is 1.86. The van der Waals surface area contributed by atoms with E-state index >= 15 is 0 Å². The molecular formula is C14H14Cl2N2O. The molecule has 2 aromatic rings. The molecule has 3 nitrogen and oxygen atoms in total. The van der Waals surface area contributed by atoms with Gasteiger partial charge in [0.05, 0.1) is 12.9 Å². The smallest absolute Gasteiger partial charge is 0.152 e. The van der Waals surface area contributed by atoms with Gasteiger partial charge in [0.15, 0.2) is 5.78 Å². The van der Waals surface area contributed by atoms with Crippen molar-refractivity contribution in [2.24, 2.45) is 0 Å². The van der Waals surface area contributed by atoms with Gasteiger partial charge in [0.25, 0.3) is 0 Å². The zero-order valence-corrected chi connectivity index (χ0v) is 11.9. The van der Waals surface area contributed by atoms with E-state index in [9.17, 15) is 4.79 Å². The van der Waals surface area contributed by atoms with Gasteiger partial charge in [-0.25, -0.2) is 4.98 Å². The van der Waals surface area contributed by atoms with Crippen molar-refractivity contribution in [1.29, 1.82) is 0 Å². The highest BCUT2D eigenvalue weighted by Crippen LogP contribution is 2.22. The molecule has 0 saturated heterocycles. The van der Waals surface area contributed by atoms with Crippen LogP contribution in [-0.4, -0.2) is 15.3 Å². The Labute approximate surface area is 122 Å². The van der Waals surface area contributed by atoms with E-state index in [-0.39, 0.29) is 5.78 Å². The standard InChI is InChI=1S/C14H14Cl2N2O/c15-12-5-4-11(14(16)8-12)2-1-3-13(19)9-18-7-6-17-10-18/h4-8,10H,1-3,9H2. The maximum Gasteiger partial charge on any atom is 0.152 e. The van der Waals surface area contributed by atoms with Crippen LogP contribution in [-0.2, 0) is 17.8 Å². The first-order valence-electron chi connectivity index (χ1n) is 6.06. The summed E-state index contributed by atoms with van der Waals surface area (Å²) in [6.07, 6.45) is 7.21. The molecule has 1 aromatic carbocycles. The van der Waals surface area contributed by atoms with Crippen LogP contribution in [0.25, 0.3) is 0 Å². The van der Waals surface area contributed by atoms with Gasteiger partial charge in [-0.05, 0) is 30.5 Å². The number of benzene rings is 1. The lowest BCUT2D eigenvalue weighted by Crippen LogP contribution is -2.08. The van der Waals surface area contributed by atoms with Crippen molar-refractivity contribution in [3.05, 3.63) is 52.5 Å². The molecule has 0 bridgehead atoms. The van der Waals surface area contributed by atoms with Gasteiger partial charge in [-0.1, -0.05) is 29.3 Å². The third-order valence-corrected chi connectivity index (χ3v) is 3.42. The molecule has 0 aliphatic rings. The van der Waals surface area contributed by atoms with Gasteiger partial charge < -0.3 is 4.57 Å². The Bertz CT molecular complexity index is 553. The van der Waals surface area contributed by atoms with Gasteiger partial charge in [-0.15, -0.1) is 0 Å². The van der Waals surface area contributed by atoms with Crippen LogP contribution in [0.3, 0.4) is 0 Å². The monoisotopic (exact) mass is 296 g/mol. The molecule has 0 atom stereocenters. The van der Waals surface area contributed by atoms with Crippen molar-refractivity contribution in [3.63, 3.8) is 0 Å². The van der Waals surface area contributed by atoms with Crippen LogP contribution in [0.1, 0.15) is 18.4 Å². The molecule has 0 aliphatic heterocycles. The number of ketones is 1. The summed E-state index contributed by atoms with van der Waals surface area (Å²) in [6, 6.07) is 5.45. The van der Waals surface area contributed by atoms with Crippen LogP contribution in [0, 0.1) is 0 Å². The van der Waals surface area contributed by atoms with Gasteiger partial charge in [-0.3, -0.25) is 4.79 Å². The zero-order valence-electron chi connectivity index (χ0n) is 10.4. The Morgan fingerprint density at radius 3 is 2.84 bits per heavy atom. The van der Waals surface area contributed by atoms with Crippen LogP contribution in [0.2, 0.25) is 10.0 Å². The summed E-state index contributed by atoms with van der Waals surface area (Å²) < 4.78 is 1.78. The molecule has 0 radical (unpaired) electrons. The van der Waals surface area contributed by atoms with Crippen LogP contribution in [0.4, 0.5) is 0 Å². The van der Waals surface area contributed by atoms with Gasteiger partial charge >= 0.3 is 0 Å². The molecule has 19 heavy (non-hydrogen) atoms. The van der Waals surface area contributed by atoms with E-state index in [0.29, 0.717) is 23.0 Å². The average Bonchev–Trinajstić information content (AvgIpc) is 2.84. The van der Waals surface area contributed by atoms with E-state index in [1.165, 1.54) is 0 Å². The second kappa shape index (κ2) is 6.73. The number of imidazole rings is 1. The molecule has 0 fully saturated rings. The van der Waals surface area contributed by atoms with E-state index in [4.69, 9.17) is 23.2 Å². The minimum Gasteiger partial charge on any atom is -0.330 e.